The van der Waals surface area contributed by atoms with Gasteiger partial charge in [-0.1, -0.05) is 29.5 Å². The fourth-order valence-electron chi connectivity index (χ4n) is 5.00. The van der Waals surface area contributed by atoms with Gasteiger partial charge in [-0.2, -0.15) is 0 Å². The Balaban J connectivity index is 1.54. The Morgan fingerprint density at radius 2 is 1.97 bits per heavy atom. The maximum absolute atomic E-state index is 13.5. The van der Waals surface area contributed by atoms with Crippen molar-refractivity contribution in [2.75, 3.05) is 12.0 Å². The molecule has 6 rings (SSSR count). The van der Waals surface area contributed by atoms with E-state index in [1.54, 1.807) is 37.4 Å². The van der Waals surface area contributed by atoms with Crippen LogP contribution in [0.4, 0.5) is 5.13 Å². The monoisotopic (exact) mass is 512 g/mol. The molecule has 4 aromatic rings. The normalized spacial score (nSPS) is 20.4. The maximum atomic E-state index is 13.5. The molecule has 0 unspecified atom stereocenters. The van der Waals surface area contributed by atoms with Gasteiger partial charge in [0.15, 0.2) is 5.13 Å². The minimum Gasteiger partial charge on any atom is -0.507 e. The second-order valence-corrected chi connectivity index (χ2v) is 10.4. The average Bonchev–Trinajstić information content (AvgIpc) is 3.55. The first-order valence-electron chi connectivity index (χ1n) is 12.0. The molecule has 1 saturated heterocycles. The molecule has 1 N–H and O–H groups in total. The quantitative estimate of drug-likeness (QED) is 0.219. The van der Waals surface area contributed by atoms with E-state index >= 15 is 0 Å². The smallest absolute Gasteiger partial charge is 0.301 e. The molecule has 0 aliphatic carbocycles. The minimum atomic E-state index is -0.875. The van der Waals surface area contributed by atoms with E-state index in [2.05, 4.69) is 4.98 Å². The summed E-state index contributed by atoms with van der Waals surface area (Å²) in [5.74, 6) is -0.382. The summed E-state index contributed by atoms with van der Waals surface area (Å²) in [5.41, 5.74) is 3.87. The molecule has 1 fully saturated rings. The average molecular weight is 513 g/mol. The Labute approximate surface area is 217 Å². The largest absolute Gasteiger partial charge is 0.507 e. The molecule has 1 aromatic heterocycles. The van der Waals surface area contributed by atoms with Crippen LogP contribution in [0.3, 0.4) is 0 Å². The summed E-state index contributed by atoms with van der Waals surface area (Å²) >= 11 is 1.34. The fraction of sp³-hybridized carbons (Fsp3) is 0.207. The van der Waals surface area contributed by atoms with Gasteiger partial charge in [0.1, 0.15) is 23.4 Å². The Hall–Kier alpha value is -4.17. The number of ketones is 1. The van der Waals surface area contributed by atoms with Gasteiger partial charge in [-0.25, -0.2) is 4.98 Å². The van der Waals surface area contributed by atoms with Crippen LogP contribution >= 0.6 is 11.3 Å². The van der Waals surface area contributed by atoms with Crippen LogP contribution in [0.15, 0.2) is 66.2 Å². The zero-order valence-corrected chi connectivity index (χ0v) is 21.3. The molecule has 2 atom stereocenters. The number of ether oxygens (including phenoxy) is 2. The van der Waals surface area contributed by atoms with Crippen LogP contribution < -0.4 is 14.4 Å². The summed E-state index contributed by atoms with van der Waals surface area (Å²) in [4.78, 5) is 33.1. The lowest BCUT2D eigenvalue weighted by Gasteiger charge is -2.23. The second-order valence-electron chi connectivity index (χ2n) is 9.37. The number of aliphatic hydroxyl groups is 1. The van der Waals surface area contributed by atoms with Gasteiger partial charge in [-0.05, 0) is 73.0 Å². The molecule has 0 bridgehead atoms. The van der Waals surface area contributed by atoms with E-state index in [1.165, 1.54) is 16.2 Å². The highest BCUT2D eigenvalue weighted by molar-refractivity contribution is 7.22. The van der Waals surface area contributed by atoms with Crippen LogP contribution in [0.25, 0.3) is 16.0 Å². The van der Waals surface area contributed by atoms with Crippen LogP contribution in [0.5, 0.6) is 11.5 Å². The Morgan fingerprint density at radius 1 is 1.14 bits per heavy atom. The molecule has 2 aliphatic heterocycles. The number of carbonyl (C=O) groups excluding carboxylic acids is 2. The number of aromatic nitrogens is 1. The lowest BCUT2D eigenvalue weighted by atomic mass is 9.94. The van der Waals surface area contributed by atoms with Gasteiger partial charge in [-0.15, -0.1) is 0 Å². The summed E-state index contributed by atoms with van der Waals surface area (Å²) in [6, 6.07) is 17.5. The van der Waals surface area contributed by atoms with E-state index < -0.39 is 17.7 Å². The number of Topliss-reactive ketones (excluding diaryl/α,β-unsaturated/α-hetero) is 1. The molecule has 3 heterocycles. The number of thiazole rings is 1. The van der Waals surface area contributed by atoms with E-state index in [4.69, 9.17) is 9.47 Å². The van der Waals surface area contributed by atoms with Crippen LogP contribution in [-0.2, 0) is 16.0 Å². The van der Waals surface area contributed by atoms with Crippen molar-refractivity contribution in [2.24, 2.45) is 0 Å². The van der Waals surface area contributed by atoms with Crippen molar-refractivity contribution >= 4 is 44.1 Å². The number of hydrogen-bond acceptors (Lipinski definition) is 7. The van der Waals surface area contributed by atoms with Crippen LogP contribution in [-0.4, -0.2) is 35.0 Å². The first kappa shape index (κ1) is 23.2. The van der Waals surface area contributed by atoms with Gasteiger partial charge >= 0.3 is 5.91 Å². The van der Waals surface area contributed by atoms with E-state index in [0.29, 0.717) is 28.4 Å². The number of fused-ring (bicyclic) bond motifs is 2. The van der Waals surface area contributed by atoms with Crippen molar-refractivity contribution in [3.05, 3.63) is 88.5 Å². The molecule has 0 radical (unpaired) electrons. The predicted molar refractivity (Wildman–Crippen MR) is 142 cm³/mol. The van der Waals surface area contributed by atoms with Crippen molar-refractivity contribution < 1.29 is 24.2 Å². The molecule has 1 amide bonds. The number of hydrogen-bond donors (Lipinski definition) is 1. The highest BCUT2D eigenvalue weighted by Gasteiger charge is 2.48. The van der Waals surface area contributed by atoms with Crippen LogP contribution in [0.1, 0.15) is 35.2 Å². The zero-order chi connectivity index (χ0) is 25.8. The molecule has 3 aromatic carbocycles. The molecular formula is C29H24N2O5S. The third-order valence-corrected chi connectivity index (χ3v) is 7.78. The fourth-order valence-corrected chi connectivity index (χ4v) is 6.09. The Kier molecular flexibility index (Phi) is 5.49. The lowest BCUT2D eigenvalue weighted by Crippen LogP contribution is -2.29. The van der Waals surface area contributed by atoms with Gasteiger partial charge < -0.3 is 14.6 Å². The van der Waals surface area contributed by atoms with E-state index in [9.17, 15) is 14.7 Å². The summed E-state index contributed by atoms with van der Waals surface area (Å²) in [7, 11) is 1.56. The number of carbonyl (C=O) groups is 2. The third kappa shape index (κ3) is 3.84. The van der Waals surface area contributed by atoms with Crippen molar-refractivity contribution in [3.63, 3.8) is 0 Å². The predicted octanol–water partition coefficient (Wildman–Crippen LogP) is 5.56. The first-order valence-corrected chi connectivity index (χ1v) is 12.8. The van der Waals surface area contributed by atoms with Gasteiger partial charge in [0, 0.05) is 12.0 Å². The number of nitrogens with zero attached hydrogens (tertiary/aromatic N) is 2. The third-order valence-electron chi connectivity index (χ3n) is 6.76. The first-order chi connectivity index (χ1) is 17.8. The molecule has 7 nitrogen and oxygen atoms in total. The second kappa shape index (κ2) is 8.74. The number of aryl methyl sites for hydroxylation is 1. The minimum absolute atomic E-state index is 0.0144. The molecule has 37 heavy (non-hydrogen) atoms. The zero-order valence-electron chi connectivity index (χ0n) is 20.5. The van der Waals surface area contributed by atoms with Crippen molar-refractivity contribution in [2.45, 2.75) is 32.4 Å². The van der Waals surface area contributed by atoms with Gasteiger partial charge in [0.25, 0.3) is 5.78 Å². The Morgan fingerprint density at radius 3 is 2.78 bits per heavy atom. The van der Waals surface area contributed by atoms with Crippen LogP contribution in [0.2, 0.25) is 0 Å². The molecule has 0 saturated carbocycles. The summed E-state index contributed by atoms with van der Waals surface area (Å²) in [6.45, 7) is 3.97. The van der Waals surface area contributed by atoms with E-state index in [0.717, 1.165) is 27.1 Å². The highest BCUT2D eigenvalue weighted by Crippen LogP contribution is 2.45. The van der Waals surface area contributed by atoms with Crippen molar-refractivity contribution in [1.29, 1.82) is 0 Å². The van der Waals surface area contributed by atoms with E-state index in [-0.39, 0.29) is 17.4 Å². The summed E-state index contributed by atoms with van der Waals surface area (Å²) in [5, 5.41) is 11.9. The van der Waals surface area contributed by atoms with Crippen LogP contribution in [0, 0.1) is 6.92 Å². The van der Waals surface area contributed by atoms with Crippen molar-refractivity contribution in [1.82, 2.24) is 4.98 Å². The molecular weight excluding hydrogens is 488 g/mol. The maximum Gasteiger partial charge on any atom is 0.301 e. The topological polar surface area (TPSA) is 89.0 Å². The van der Waals surface area contributed by atoms with Gasteiger partial charge in [-0.3, -0.25) is 14.5 Å². The number of aliphatic hydroxyl groups excluding tert-OH is 1. The SMILES string of the molecule is COc1cccc([C@@H]2/C(=C(\O)c3ccc4c(c3)C[C@@H](C)O4)C(=O)C(=O)N2c2nc3ccc(C)cc3s2)c1. The highest BCUT2D eigenvalue weighted by atomic mass is 32.1. The standard InChI is InChI=1S/C29H24N2O5S/c1-15-7-9-21-23(11-15)37-29(30-21)31-25(17-5-4-6-20(14-17)35-3)24(27(33)28(31)34)26(32)18-8-10-22-19(13-18)12-16(2)36-22/h4-11,13-14,16,25,32H,12H2,1-3H3/b26-24+/t16-,25-/m1/s1. The van der Waals surface area contributed by atoms with Gasteiger partial charge in [0.05, 0.1) is 28.9 Å². The van der Waals surface area contributed by atoms with Gasteiger partial charge in [0.2, 0.25) is 0 Å². The summed E-state index contributed by atoms with van der Waals surface area (Å²) < 4.78 is 12.1. The number of anilines is 1. The molecule has 0 spiro atoms. The number of methoxy groups -OCH3 is 1. The molecule has 186 valence electrons. The molecule has 8 heteroatoms. The number of rotatable bonds is 4. The molecule has 2 aliphatic rings. The Bertz CT molecular complexity index is 1620. The van der Waals surface area contributed by atoms with Crippen molar-refractivity contribution in [3.8, 4) is 11.5 Å². The number of benzene rings is 3. The summed E-state index contributed by atoms with van der Waals surface area (Å²) in [6.07, 6.45) is 0.743. The lowest BCUT2D eigenvalue weighted by molar-refractivity contribution is -0.132. The van der Waals surface area contributed by atoms with E-state index in [1.807, 2.05) is 44.2 Å². The number of amides is 1.